The van der Waals surface area contributed by atoms with E-state index in [4.69, 9.17) is 15.0 Å². The van der Waals surface area contributed by atoms with Gasteiger partial charge in [-0.1, -0.05) is 153 Å². The molecule has 2 aromatic heterocycles. The van der Waals surface area contributed by atoms with Gasteiger partial charge in [0, 0.05) is 26.1 Å². The highest BCUT2D eigenvalue weighted by atomic mass is 32.1. The number of rotatable bonds is 6. The van der Waals surface area contributed by atoms with Gasteiger partial charge < -0.3 is 0 Å². The number of hydrogen-bond donors (Lipinski definition) is 0. The van der Waals surface area contributed by atoms with Gasteiger partial charge in [-0.2, -0.15) is 0 Å². The van der Waals surface area contributed by atoms with E-state index in [0.29, 0.717) is 17.5 Å². The SMILES string of the molecule is Bc1c(B)c(B)c(-c2c(B)c(B)c3c(sc4c(B)c(B)c(-c5nc(-c6ccccc6)nc(-c6ccc(-c7ccc(-c8ccccc8)cc7)cc6)n5)c(B)c43)c2B)c(B)c1B. The van der Waals surface area contributed by atoms with Gasteiger partial charge in [-0.15, -0.1) is 27.7 Å². The van der Waals surface area contributed by atoms with Crippen LogP contribution in [-0.2, 0) is 0 Å². The van der Waals surface area contributed by atoms with Crippen molar-refractivity contribution in [2.45, 2.75) is 0 Å². The van der Waals surface area contributed by atoms with Gasteiger partial charge in [0.15, 0.2) is 17.5 Å². The van der Waals surface area contributed by atoms with Crippen LogP contribution in [0.5, 0.6) is 0 Å². The highest BCUT2D eigenvalue weighted by molar-refractivity contribution is 7.28. The van der Waals surface area contributed by atoms with Crippen LogP contribution in [-0.4, -0.2) is 101 Å². The fourth-order valence-corrected chi connectivity index (χ4v) is 10.9. The quantitative estimate of drug-likeness (QED) is 0.158. The molecule has 0 spiro atoms. The lowest BCUT2D eigenvalue weighted by Crippen LogP contribution is -2.56. The predicted molar refractivity (Wildman–Crippen MR) is 295 cm³/mol. The minimum Gasteiger partial charge on any atom is -0.208 e. The van der Waals surface area contributed by atoms with Crippen molar-refractivity contribution in [1.82, 2.24) is 15.0 Å². The second-order valence-corrected chi connectivity index (χ2v) is 17.7. The molecule has 3 nitrogen and oxygen atoms in total. The molecule has 60 heavy (non-hydrogen) atoms. The first-order valence-corrected chi connectivity index (χ1v) is 21.8. The molecule has 274 valence electrons. The summed E-state index contributed by atoms with van der Waals surface area (Å²) in [4.78, 5) is 15.7. The Bertz CT molecular complexity index is 3170. The van der Waals surface area contributed by atoms with E-state index < -0.39 is 0 Å². The van der Waals surface area contributed by atoms with E-state index in [1.165, 1.54) is 108 Å². The van der Waals surface area contributed by atoms with Gasteiger partial charge >= 0.3 is 0 Å². The monoisotopic (exact) mass is 775 g/mol. The van der Waals surface area contributed by atoms with Crippen LogP contribution >= 0.6 is 11.3 Å². The third-order valence-electron chi connectivity index (χ3n) is 13.6. The lowest BCUT2D eigenvalue weighted by atomic mass is 9.57. The molecule has 0 N–H and O–H groups in total. The maximum Gasteiger partial charge on any atom is 0.164 e. The molecule has 0 unspecified atom stereocenters. The lowest BCUT2D eigenvalue weighted by molar-refractivity contribution is 1.08. The number of benzene rings is 7. The molecule has 0 bridgehead atoms. The van der Waals surface area contributed by atoms with Gasteiger partial charge in [0.2, 0.25) is 0 Å². The lowest BCUT2D eigenvalue weighted by Gasteiger charge is -2.25. The van der Waals surface area contributed by atoms with Crippen LogP contribution < -0.4 is 60.1 Å². The molecule has 0 radical (unpaired) electrons. The van der Waals surface area contributed by atoms with E-state index in [1.54, 1.807) is 0 Å². The summed E-state index contributed by atoms with van der Waals surface area (Å²) < 4.78 is 2.72. The summed E-state index contributed by atoms with van der Waals surface area (Å²) in [5.74, 6) is 2.04. The van der Waals surface area contributed by atoms with E-state index in [-0.39, 0.29) is 0 Å². The Kier molecular flexibility index (Phi) is 10.3. The normalized spacial score (nSPS) is 11.4. The van der Waals surface area contributed by atoms with E-state index in [0.717, 1.165) is 22.3 Å². The number of nitrogens with zero attached hydrogens (tertiary/aromatic N) is 3. The van der Waals surface area contributed by atoms with Crippen molar-refractivity contribution in [2.75, 3.05) is 0 Å². The molecule has 9 aromatic rings. The van der Waals surface area contributed by atoms with Gasteiger partial charge in [0.05, 0.1) is 0 Å². The maximum atomic E-state index is 5.32. The average molecular weight is 774 g/mol. The molecule has 0 saturated heterocycles. The van der Waals surface area contributed by atoms with Crippen molar-refractivity contribution in [3.8, 4) is 67.5 Å². The van der Waals surface area contributed by atoms with Gasteiger partial charge in [-0.3, -0.25) is 0 Å². The molecule has 0 aliphatic heterocycles. The van der Waals surface area contributed by atoms with Gasteiger partial charge in [-0.25, -0.2) is 15.0 Å². The summed E-state index contributed by atoms with van der Waals surface area (Å²) in [5.41, 5.74) is 25.3. The largest absolute Gasteiger partial charge is 0.208 e. The fourth-order valence-electron chi connectivity index (χ4n) is 9.42. The van der Waals surface area contributed by atoms with E-state index in [2.05, 4.69) is 177 Å². The van der Waals surface area contributed by atoms with Crippen LogP contribution in [0.15, 0.2) is 109 Å². The minimum atomic E-state index is 0.665. The van der Waals surface area contributed by atoms with Gasteiger partial charge in [-0.05, 0) is 44.2 Å². The van der Waals surface area contributed by atoms with E-state index >= 15 is 0 Å². The number of aromatic nitrogens is 3. The highest BCUT2D eigenvalue weighted by Gasteiger charge is 2.25. The maximum absolute atomic E-state index is 5.32. The Balaban J connectivity index is 1.21. The van der Waals surface area contributed by atoms with Crippen molar-refractivity contribution in [3.05, 3.63) is 109 Å². The Morgan fingerprint density at radius 1 is 0.267 bits per heavy atom. The first-order chi connectivity index (χ1) is 28.8. The van der Waals surface area contributed by atoms with Crippen molar-refractivity contribution in [1.29, 1.82) is 0 Å². The van der Waals surface area contributed by atoms with Crippen molar-refractivity contribution in [2.24, 2.45) is 0 Å². The first kappa shape index (κ1) is 39.9. The van der Waals surface area contributed by atoms with Crippen LogP contribution in [0.3, 0.4) is 0 Å². The van der Waals surface area contributed by atoms with Gasteiger partial charge in [0.25, 0.3) is 0 Å². The molecule has 7 aromatic carbocycles. The zero-order valence-electron chi connectivity index (χ0n) is 36.6. The summed E-state index contributed by atoms with van der Waals surface area (Å²) >= 11 is 1.95. The Morgan fingerprint density at radius 3 is 1.12 bits per heavy atom. The molecule has 15 heteroatoms. The summed E-state index contributed by atoms with van der Waals surface area (Å²) in [6, 6.07) is 38.2. The smallest absolute Gasteiger partial charge is 0.164 e. The molecular weight excluding hydrogens is 734 g/mol. The van der Waals surface area contributed by atoms with Crippen LogP contribution in [0.1, 0.15) is 0 Å². The molecule has 2 heterocycles. The third kappa shape index (κ3) is 6.48. The number of hydrogen-bond acceptors (Lipinski definition) is 4. The van der Waals surface area contributed by atoms with Crippen LogP contribution in [0.25, 0.3) is 87.7 Å². The van der Waals surface area contributed by atoms with Gasteiger partial charge in [0.1, 0.15) is 86.3 Å². The zero-order valence-corrected chi connectivity index (χ0v) is 37.5. The molecule has 0 atom stereocenters. The second-order valence-electron chi connectivity index (χ2n) is 16.7. The summed E-state index contributed by atoms with van der Waals surface area (Å²) in [7, 11) is 25.2. The van der Waals surface area contributed by atoms with Crippen molar-refractivity contribution in [3.63, 3.8) is 0 Å². The summed E-state index contributed by atoms with van der Waals surface area (Å²) in [5, 5.41) is 2.68. The number of thiophene rings is 1. The molecular formula is C45H40B11N3S. The topological polar surface area (TPSA) is 38.7 Å². The fraction of sp³-hybridized carbons (Fsp3) is 0. The molecule has 9 rings (SSSR count). The predicted octanol–water partition coefficient (Wildman–Crippen LogP) is -6.92. The highest BCUT2D eigenvalue weighted by Crippen LogP contribution is 2.33. The van der Waals surface area contributed by atoms with Crippen LogP contribution in [0.4, 0.5) is 0 Å². The van der Waals surface area contributed by atoms with Crippen molar-refractivity contribution >= 4 is 178 Å². The standard InChI is InChI=1S/C45H40B11N3S/c46-30-27-28-34(50)31(47)26(25-32(48)37(53)39(55)38(54)33(25)49)36(52)41(28)60-42(27)40(56)35(51)29(30)45-58-43(23-9-5-2-6-10-23)57-44(59-45)24-17-15-22(16-18-24)21-13-11-20(12-14-21)19-7-3-1-4-8-19/h1-18H,46-56H2. The number of fused-ring (bicyclic) bond motifs is 3. The van der Waals surface area contributed by atoms with E-state index in [9.17, 15) is 0 Å². The Labute approximate surface area is 367 Å². The summed E-state index contributed by atoms with van der Waals surface area (Å²) in [6.07, 6.45) is 0. The molecule has 0 fully saturated rings. The van der Waals surface area contributed by atoms with Crippen LogP contribution in [0.2, 0.25) is 0 Å². The van der Waals surface area contributed by atoms with Crippen LogP contribution in [0, 0.1) is 0 Å². The zero-order chi connectivity index (χ0) is 42.1. The Hall–Kier alpha value is -5.52. The third-order valence-corrected chi connectivity index (χ3v) is 15.0. The second kappa shape index (κ2) is 15.5. The Morgan fingerprint density at radius 2 is 0.600 bits per heavy atom. The first-order valence-electron chi connectivity index (χ1n) is 21.0. The molecule has 0 aliphatic rings. The van der Waals surface area contributed by atoms with Crippen molar-refractivity contribution < 1.29 is 0 Å². The molecule has 0 aliphatic carbocycles. The molecule has 0 amide bonds. The average Bonchev–Trinajstić information content (AvgIpc) is 3.70. The van der Waals surface area contributed by atoms with E-state index in [1.807, 2.05) is 29.5 Å². The molecule has 0 saturated carbocycles. The summed E-state index contributed by atoms with van der Waals surface area (Å²) in [6.45, 7) is 0. The minimum absolute atomic E-state index is 0.665.